The predicted molar refractivity (Wildman–Crippen MR) is 96.0 cm³/mol. The zero-order valence-electron chi connectivity index (χ0n) is 14.3. The van der Waals surface area contributed by atoms with Crippen molar-refractivity contribution >= 4 is 35.0 Å². The van der Waals surface area contributed by atoms with Crippen molar-refractivity contribution in [2.45, 2.75) is 30.1 Å². The van der Waals surface area contributed by atoms with Gasteiger partial charge < -0.3 is 9.73 Å². The fraction of sp³-hybridized carbons (Fsp3) is 0.250. The topological polar surface area (TPSA) is 85.8 Å². The maximum absolute atomic E-state index is 12.9. The molecule has 0 fully saturated rings. The van der Waals surface area contributed by atoms with E-state index >= 15 is 0 Å². The summed E-state index contributed by atoms with van der Waals surface area (Å²) in [5.41, 5.74) is -1.03. The predicted octanol–water partition coefficient (Wildman–Crippen LogP) is 4.11. The molecule has 3 aromatic rings. The Morgan fingerprint density at radius 3 is 2.86 bits per heavy atom. The lowest BCUT2D eigenvalue weighted by molar-refractivity contribution is -0.137. The van der Waals surface area contributed by atoms with Crippen molar-refractivity contribution in [3.63, 3.8) is 0 Å². The summed E-state index contributed by atoms with van der Waals surface area (Å²) in [5, 5.41) is 13.3. The Kier molecular flexibility index (Phi) is 5.94. The van der Waals surface area contributed by atoms with Gasteiger partial charge >= 0.3 is 6.18 Å². The number of carbonyl (C=O) groups is 1. The van der Waals surface area contributed by atoms with Crippen molar-refractivity contribution in [2.75, 3.05) is 5.32 Å². The van der Waals surface area contributed by atoms with E-state index in [2.05, 4.69) is 20.8 Å². The SMILES string of the molecule is C[C@@H](Sc1nnnn1Cc1ccco1)C(=O)Nc1cc(C(F)(F)F)ccc1Cl. The number of thioether (sulfide) groups is 1. The normalized spacial score (nSPS) is 12.8. The van der Waals surface area contributed by atoms with Gasteiger partial charge in [0.2, 0.25) is 11.1 Å². The van der Waals surface area contributed by atoms with Gasteiger partial charge in [-0.05, 0) is 47.7 Å². The second-order valence-corrected chi connectivity index (χ2v) is 7.36. The molecule has 0 aliphatic heterocycles. The average Bonchev–Trinajstić information content (AvgIpc) is 3.28. The van der Waals surface area contributed by atoms with E-state index in [9.17, 15) is 18.0 Å². The van der Waals surface area contributed by atoms with Gasteiger partial charge in [-0.2, -0.15) is 13.2 Å². The second-order valence-electron chi connectivity index (χ2n) is 5.64. The Morgan fingerprint density at radius 2 is 2.18 bits per heavy atom. The third-order valence-electron chi connectivity index (χ3n) is 3.59. The van der Waals surface area contributed by atoms with Crippen LogP contribution < -0.4 is 5.32 Å². The molecule has 0 saturated carbocycles. The van der Waals surface area contributed by atoms with E-state index in [0.29, 0.717) is 10.9 Å². The zero-order chi connectivity index (χ0) is 20.3. The van der Waals surface area contributed by atoms with Crippen LogP contribution in [-0.4, -0.2) is 31.4 Å². The van der Waals surface area contributed by atoms with E-state index in [4.69, 9.17) is 16.0 Å². The molecular formula is C16H13ClF3N5O2S. The van der Waals surface area contributed by atoms with E-state index in [1.54, 1.807) is 19.1 Å². The molecule has 0 spiro atoms. The van der Waals surface area contributed by atoms with Crippen LogP contribution in [0.4, 0.5) is 18.9 Å². The molecule has 1 amide bonds. The summed E-state index contributed by atoms with van der Waals surface area (Å²) < 4.78 is 45.2. The van der Waals surface area contributed by atoms with Crippen LogP contribution in [0, 0.1) is 0 Å². The van der Waals surface area contributed by atoms with E-state index in [-0.39, 0.29) is 17.3 Å². The standard InChI is InChI=1S/C16H13ClF3N5O2S/c1-9(28-15-22-23-24-25(15)8-11-3-2-6-27-11)14(26)21-13-7-10(16(18,19)20)4-5-12(13)17/h2-7,9H,8H2,1H3,(H,21,26)/t9-/m1/s1. The molecule has 0 saturated heterocycles. The number of furan rings is 1. The molecule has 0 bridgehead atoms. The third kappa shape index (κ3) is 4.84. The molecule has 2 heterocycles. The minimum absolute atomic E-state index is 0.00111. The van der Waals surface area contributed by atoms with E-state index in [1.165, 1.54) is 10.9 Å². The average molecular weight is 432 g/mol. The highest BCUT2D eigenvalue weighted by Gasteiger charge is 2.31. The summed E-state index contributed by atoms with van der Waals surface area (Å²) in [7, 11) is 0. The number of halogens is 4. The van der Waals surface area contributed by atoms with Gasteiger partial charge in [0.25, 0.3) is 0 Å². The van der Waals surface area contributed by atoms with Gasteiger partial charge in [-0.3, -0.25) is 4.79 Å². The van der Waals surface area contributed by atoms with Crippen LogP contribution in [0.15, 0.2) is 46.2 Å². The molecule has 0 radical (unpaired) electrons. The van der Waals surface area contributed by atoms with Crippen LogP contribution in [0.1, 0.15) is 18.2 Å². The summed E-state index contributed by atoms with van der Waals surface area (Å²) in [4.78, 5) is 12.4. The molecule has 0 aliphatic carbocycles. The van der Waals surface area contributed by atoms with Crippen molar-refractivity contribution in [3.8, 4) is 0 Å². The summed E-state index contributed by atoms with van der Waals surface area (Å²) in [6, 6.07) is 6.20. The lowest BCUT2D eigenvalue weighted by atomic mass is 10.2. The first-order valence-corrected chi connectivity index (χ1v) is 9.12. The van der Waals surface area contributed by atoms with Crippen LogP contribution in [0.3, 0.4) is 0 Å². The Bertz CT molecular complexity index is 962. The van der Waals surface area contributed by atoms with Crippen LogP contribution in [0.25, 0.3) is 0 Å². The van der Waals surface area contributed by atoms with Gasteiger partial charge in [-0.25, -0.2) is 4.68 Å². The number of benzene rings is 1. The lowest BCUT2D eigenvalue weighted by Gasteiger charge is -2.14. The van der Waals surface area contributed by atoms with E-state index in [0.717, 1.165) is 30.0 Å². The summed E-state index contributed by atoms with van der Waals surface area (Å²) in [5.74, 6) is 0.0841. The molecule has 1 N–H and O–H groups in total. The maximum Gasteiger partial charge on any atom is 0.416 e. The van der Waals surface area contributed by atoms with Gasteiger partial charge in [-0.15, -0.1) is 5.10 Å². The third-order valence-corrected chi connectivity index (χ3v) is 4.99. The number of carbonyl (C=O) groups excluding carboxylic acids is 1. The fourth-order valence-corrected chi connectivity index (χ4v) is 3.13. The molecule has 0 aliphatic rings. The molecule has 3 rings (SSSR count). The number of tetrazole rings is 1. The molecule has 2 aromatic heterocycles. The van der Waals surface area contributed by atoms with E-state index in [1.807, 2.05) is 0 Å². The first-order valence-electron chi connectivity index (χ1n) is 7.87. The number of amides is 1. The molecule has 148 valence electrons. The Balaban J connectivity index is 1.68. The number of hydrogen-bond donors (Lipinski definition) is 1. The lowest BCUT2D eigenvalue weighted by Crippen LogP contribution is -2.23. The van der Waals surface area contributed by atoms with Gasteiger partial charge in [-0.1, -0.05) is 23.4 Å². The second kappa shape index (κ2) is 8.23. The Morgan fingerprint density at radius 1 is 1.39 bits per heavy atom. The van der Waals surface area contributed by atoms with Crippen molar-refractivity contribution in [2.24, 2.45) is 0 Å². The maximum atomic E-state index is 12.9. The van der Waals surface area contributed by atoms with Crippen molar-refractivity contribution < 1.29 is 22.4 Å². The summed E-state index contributed by atoms with van der Waals surface area (Å²) in [6.45, 7) is 1.85. The van der Waals surface area contributed by atoms with Crippen molar-refractivity contribution in [3.05, 3.63) is 52.9 Å². The number of nitrogens with zero attached hydrogens (tertiary/aromatic N) is 4. The van der Waals surface area contributed by atoms with Gasteiger partial charge in [0.15, 0.2) is 0 Å². The summed E-state index contributed by atoms with van der Waals surface area (Å²) >= 11 is 6.96. The smallest absolute Gasteiger partial charge is 0.416 e. The minimum Gasteiger partial charge on any atom is -0.467 e. The number of alkyl halides is 3. The highest BCUT2D eigenvalue weighted by molar-refractivity contribution is 8.00. The van der Waals surface area contributed by atoms with Crippen LogP contribution in [-0.2, 0) is 17.5 Å². The highest BCUT2D eigenvalue weighted by atomic mass is 35.5. The van der Waals surface area contributed by atoms with Crippen LogP contribution in [0.5, 0.6) is 0 Å². The number of aromatic nitrogens is 4. The first-order chi connectivity index (χ1) is 13.2. The number of anilines is 1. The fourth-order valence-electron chi connectivity index (χ4n) is 2.17. The van der Waals surface area contributed by atoms with Crippen molar-refractivity contribution in [1.82, 2.24) is 20.2 Å². The Labute approximate surface area is 166 Å². The van der Waals surface area contributed by atoms with Gasteiger partial charge in [0, 0.05) is 0 Å². The monoisotopic (exact) mass is 431 g/mol. The number of hydrogen-bond acceptors (Lipinski definition) is 6. The zero-order valence-corrected chi connectivity index (χ0v) is 15.8. The van der Waals surface area contributed by atoms with Crippen LogP contribution >= 0.6 is 23.4 Å². The number of rotatable bonds is 6. The largest absolute Gasteiger partial charge is 0.467 e. The van der Waals surface area contributed by atoms with Crippen LogP contribution in [0.2, 0.25) is 5.02 Å². The summed E-state index contributed by atoms with van der Waals surface area (Å²) in [6.07, 6.45) is -3.03. The molecule has 0 unspecified atom stereocenters. The highest BCUT2D eigenvalue weighted by Crippen LogP contribution is 2.34. The molecule has 28 heavy (non-hydrogen) atoms. The first kappa shape index (κ1) is 20.2. The molecule has 1 atom stereocenters. The molecule has 1 aromatic carbocycles. The Hall–Kier alpha value is -2.53. The quantitative estimate of drug-likeness (QED) is 0.591. The van der Waals surface area contributed by atoms with Crippen molar-refractivity contribution in [1.29, 1.82) is 0 Å². The van der Waals surface area contributed by atoms with E-state index < -0.39 is 22.9 Å². The molecule has 7 nitrogen and oxygen atoms in total. The molecule has 12 heteroatoms. The minimum atomic E-state index is -4.54. The molecular weight excluding hydrogens is 419 g/mol. The van der Waals surface area contributed by atoms with Gasteiger partial charge in [0.05, 0.1) is 27.8 Å². The van der Waals surface area contributed by atoms with Gasteiger partial charge in [0.1, 0.15) is 12.3 Å². The number of nitrogens with one attached hydrogen (secondary N) is 1.